The van der Waals surface area contributed by atoms with E-state index >= 15 is 0 Å². The number of benzene rings is 1. The second-order valence-corrected chi connectivity index (χ2v) is 4.46. The van der Waals surface area contributed by atoms with Gasteiger partial charge in [0, 0.05) is 18.6 Å². The molecule has 19 heavy (non-hydrogen) atoms. The summed E-state index contributed by atoms with van der Waals surface area (Å²) in [5.41, 5.74) is 0.716. The number of nitrogens with zero attached hydrogens (tertiary/aromatic N) is 1. The Morgan fingerprint density at radius 1 is 1.32 bits per heavy atom. The van der Waals surface area contributed by atoms with Gasteiger partial charge in [-0.3, -0.25) is 14.9 Å². The molecule has 0 amide bonds. The molecule has 0 aromatic heterocycles. The highest BCUT2D eigenvalue weighted by Gasteiger charge is 2.04. The lowest BCUT2D eigenvalue weighted by Crippen LogP contribution is -1.92. The number of unbranched alkanes of at least 4 members (excludes halogenated alkanes) is 3. The molecule has 0 spiro atoms. The Morgan fingerprint density at radius 2 is 2.11 bits per heavy atom. The van der Waals surface area contributed by atoms with E-state index in [-0.39, 0.29) is 11.5 Å². The number of rotatable bonds is 8. The molecule has 0 heterocycles. The van der Waals surface area contributed by atoms with Gasteiger partial charge in [0.15, 0.2) is 5.78 Å². The Kier molecular flexibility index (Phi) is 6.50. The second-order valence-electron chi connectivity index (χ2n) is 4.46. The van der Waals surface area contributed by atoms with Crippen molar-refractivity contribution in [2.24, 2.45) is 0 Å². The van der Waals surface area contributed by atoms with E-state index in [1.165, 1.54) is 18.2 Å². The van der Waals surface area contributed by atoms with Gasteiger partial charge in [0.05, 0.1) is 4.92 Å². The molecule has 0 saturated heterocycles. The van der Waals surface area contributed by atoms with E-state index < -0.39 is 4.92 Å². The first-order chi connectivity index (χ1) is 9.13. The molecule has 4 nitrogen and oxygen atoms in total. The van der Waals surface area contributed by atoms with Crippen LogP contribution < -0.4 is 0 Å². The summed E-state index contributed by atoms with van der Waals surface area (Å²) in [4.78, 5) is 21.7. The fourth-order valence-electron chi connectivity index (χ4n) is 1.74. The van der Waals surface area contributed by atoms with Gasteiger partial charge < -0.3 is 0 Å². The summed E-state index contributed by atoms with van der Waals surface area (Å²) < 4.78 is 0. The highest BCUT2D eigenvalue weighted by atomic mass is 16.6. The van der Waals surface area contributed by atoms with Gasteiger partial charge in [-0.15, -0.1) is 0 Å². The van der Waals surface area contributed by atoms with Crippen molar-refractivity contribution in [3.05, 3.63) is 46.0 Å². The van der Waals surface area contributed by atoms with Crippen LogP contribution in [0.25, 0.3) is 6.08 Å². The molecule has 0 bridgehead atoms. The number of carbonyl (C=O) groups is 1. The van der Waals surface area contributed by atoms with Gasteiger partial charge in [0.25, 0.3) is 5.69 Å². The summed E-state index contributed by atoms with van der Waals surface area (Å²) in [7, 11) is 0. The number of non-ortho nitro benzene ring substituents is 1. The number of ketones is 1. The number of nitro groups is 1. The van der Waals surface area contributed by atoms with E-state index in [0.717, 1.165) is 25.7 Å². The van der Waals surface area contributed by atoms with Crippen LogP contribution in [0.2, 0.25) is 0 Å². The van der Waals surface area contributed by atoms with E-state index in [4.69, 9.17) is 0 Å². The van der Waals surface area contributed by atoms with Crippen LogP contribution in [0, 0.1) is 10.1 Å². The zero-order chi connectivity index (χ0) is 14.1. The number of nitro benzene ring substituents is 1. The van der Waals surface area contributed by atoms with Crippen molar-refractivity contribution in [3.8, 4) is 0 Å². The maximum atomic E-state index is 11.6. The van der Waals surface area contributed by atoms with E-state index in [9.17, 15) is 14.9 Å². The molecular weight excluding hydrogens is 242 g/mol. The minimum Gasteiger partial charge on any atom is -0.295 e. The summed E-state index contributed by atoms with van der Waals surface area (Å²) in [6.45, 7) is 2.13. The van der Waals surface area contributed by atoms with Crippen molar-refractivity contribution in [1.82, 2.24) is 0 Å². The summed E-state index contributed by atoms with van der Waals surface area (Å²) in [5, 5.41) is 10.6. The van der Waals surface area contributed by atoms with Gasteiger partial charge in [-0.25, -0.2) is 0 Å². The molecule has 4 heteroatoms. The third-order valence-electron chi connectivity index (χ3n) is 2.82. The first-order valence-corrected chi connectivity index (χ1v) is 6.59. The summed E-state index contributed by atoms with van der Waals surface area (Å²) in [6, 6.07) is 6.25. The minimum atomic E-state index is -0.441. The average molecular weight is 261 g/mol. The van der Waals surface area contributed by atoms with Gasteiger partial charge in [0.1, 0.15) is 0 Å². The number of hydrogen-bond donors (Lipinski definition) is 0. The van der Waals surface area contributed by atoms with Crippen molar-refractivity contribution in [3.63, 3.8) is 0 Å². The Balaban J connectivity index is 2.49. The van der Waals surface area contributed by atoms with Gasteiger partial charge in [0.2, 0.25) is 0 Å². The molecule has 0 aliphatic rings. The molecular formula is C15H19NO3. The maximum Gasteiger partial charge on any atom is 0.270 e. The molecule has 102 valence electrons. The zero-order valence-corrected chi connectivity index (χ0v) is 11.2. The quantitative estimate of drug-likeness (QED) is 0.306. The molecule has 0 fully saturated rings. The smallest absolute Gasteiger partial charge is 0.270 e. The van der Waals surface area contributed by atoms with Crippen LogP contribution in [0.1, 0.15) is 44.6 Å². The molecule has 1 aromatic rings. The number of allylic oxidation sites excluding steroid dienone is 1. The lowest BCUT2D eigenvalue weighted by molar-refractivity contribution is -0.384. The van der Waals surface area contributed by atoms with Crippen LogP contribution in [0.3, 0.4) is 0 Å². The SMILES string of the molecule is CCCCCCC(=O)/C=C\c1cccc([N+](=O)[O-])c1. The van der Waals surface area contributed by atoms with E-state index in [1.54, 1.807) is 18.2 Å². The lowest BCUT2D eigenvalue weighted by Gasteiger charge is -1.96. The van der Waals surface area contributed by atoms with E-state index in [1.807, 2.05) is 0 Å². The van der Waals surface area contributed by atoms with Gasteiger partial charge >= 0.3 is 0 Å². The van der Waals surface area contributed by atoms with E-state index in [0.29, 0.717) is 12.0 Å². The van der Waals surface area contributed by atoms with Crippen molar-refractivity contribution < 1.29 is 9.72 Å². The van der Waals surface area contributed by atoms with Crippen molar-refractivity contribution >= 4 is 17.5 Å². The molecule has 0 atom stereocenters. The largest absolute Gasteiger partial charge is 0.295 e. The number of carbonyl (C=O) groups excluding carboxylic acids is 1. The molecule has 0 saturated carbocycles. The van der Waals surface area contributed by atoms with Crippen LogP contribution in [-0.4, -0.2) is 10.7 Å². The Bertz CT molecular complexity index is 466. The minimum absolute atomic E-state index is 0.0394. The standard InChI is InChI=1S/C15H19NO3/c1-2-3-4-5-9-15(17)11-10-13-7-6-8-14(12-13)16(18)19/h6-8,10-12H,2-5,9H2,1H3/b11-10-. The molecule has 0 radical (unpaired) electrons. The first-order valence-electron chi connectivity index (χ1n) is 6.59. The normalized spacial score (nSPS) is 10.8. The lowest BCUT2D eigenvalue weighted by atomic mass is 10.1. The molecule has 1 rings (SSSR count). The first kappa shape index (κ1) is 15.1. The highest BCUT2D eigenvalue weighted by molar-refractivity contribution is 5.93. The topological polar surface area (TPSA) is 60.2 Å². The predicted molar refractivity (Wildman–Crippen MR) is 75.9 cm³/mol. The Morgan fingerprint density at radius 3 is 2.79 bits per heavy atom. The number of hydrogen-bond acceptors (Lipinski definition) is 3. The molecule has 0 unspecified atom stereocenters. The fraction of sp³-hybridized carbons (Fsp3) is 0.400. The fourth-order valence-corrected chi connectivity index (χ4v) is 1.74. The van der Waals surface area contributed by atoms with Gasteiger partial charge in [-0.05, 0) is 18.1 Å². The van der Waals surface area contributed by atoms with Crippen LogP contribution in [0.5, 0.6) is 0 Å². The molecule has 0 aliphatic heterocycles. The zero-order valence-electron chi connectivity index (χ0n) is 11.2. The Labute approximate surface area is 113 Å². The van der Waals surface area contributed by atoms with Gasteiger partial charge in [-0.2, -0.15) is 0 Å². The van der Waals surface area contributed by atoms with Crippen molar-refractivity contribution in [2.75, 3.05) is 0 Å². The predicted octanol–water partition coefficient (Wildman–Crippen LogP) is 4.15. The van der Waals surface area contributed by atoms with Crippen LogP contribution in [0.15, 0.2) is 30.3 Å². The summed E-state index contributed by atoms with van der Waals surface area (Å²) in [5.74, 6) is 0.0719. The van der Waals surface area contributed by atoms with Crippen LogP contribution in [-0.2, 0) is 4.79 Å². The van der Waals surface area contributed by atoms with Crippen LogP contribution in [0.4, 0.5) is 5.69 Å². The average Bonchev–Trinajstić information content (AvgIpc) is 2.41. The molecule has 0 N–H and O–H groups in total. The third kappa shape index (κ3) is 5.95. The van der Waals surface area contributed by atoms with Crippen molar-refractivity contribution in [2.45, 2.75) is 39.0 Å². The molecule has 0 aliphatic carbocycles. The summed E-state index contributed by atoms with van der Waals surface area (Å²) in [6.07, 6.45) is 7.98. The highest BCUT2D eigenvalue weighted by Crippen LogP contribution is 2.14. The monoisotopic (exact) mass is 261 g/mol. The Hall–Kier alpha value is -1.97. The second kappa shape index (κ2) is 8.19. The van der Waals surface area contributed by atoms with Crippen molar-refractivity contribution in [1.29, 1.82) is 0 Å². The van der Waals surface area contributed by atoms with Crippen LogP contribution >= 0.6 is 0 Å². The maximum absolute atomic E-state index is 11.6. The third-order valence-corrected chi connectivity index (χ3v) is 2.82. The molecule has 1 aromatic carbocycles. The van der Waals surface area contributed by atoms with Gasteiger partial charge in [-0.1, -0.05) is 44.4 Å². The van der Waals surface area contributed by atoms with E-state index in [2.05, 4.69) is 6.92 Å². The summed E-state index contributed by atoms with van der Waals surface area (Å²) >= 11 is 0.